The molecule has 0 radical (unpaired) electrons. The monoisotopic (exact) mass is 429 g/mol. The summed E-state index contributed by atoms with van der Waals surface area (Å²) in [6.07, 6.45) is -6.23. The highest BCUT2D eigenvalue weighted by Crippen LogP contribution is 2.46. The maximum absolute atomic E-state index is 13.9. The van der Waals surface area contributed by atoms with Crippen molar-refractivity contribution in [1.29, 1.82) is 0 Å². The number of hydrogen-bond donors (Lipinski definition) is 0. The van der Waals surface area contributed by atoms with Crippen LogP contribution in [-0.2, 0) is 16.5 Å². The van der Waals surface area contributed by atoms with Crippen LogP contribution >= 0.6 is 0 Å². The van der Waals surface area contributed by atoms with Crippen LogP contribution in [0.2, 0.25) is 0 Å². The summed E-state index contributed by atoms with van der Waals surface area (Å²) in [5.74, 6) is 0.229. The minimum atomic E-state index is -4.73. The van der Waals surface area contributed by atoms with Crippen molar-refractivity contribution >= 4 is 11.8 Å². The number of alkyl halides is 6. The van der Waals surface area contributed by atoms with E-state index >= 15 is 0 Å². The van der Waals surface area contributed by atoms with Crippen LogP contribution in [-0.4, -0.2) is 32.7 Å². The highest BCUT2D eigenvalue weighted by molar-refractivity contribution is 6.12. The van der Waals surface area contributed by atoms with E-state index in [0.717, 1.165) is 19.2 Å². The van der Waals surface area contributed by atoms with E-state index in [1.165, 1.54) is 49.6 Å². The molecule has 2 aromatic carbocycles. The van der Waals surface area contributed by atoms with Crippen molar-refractivity contribution in [2.24, 2.45) is 4.99 Å². The first-order valence-corrected chi connectivity index (χ1v) is 8.72. The number of aliphatic imine (C=N–C) groups is 1. The lowest BCUT2D eigenvalue weighted by atomic mass is 9.84. The molecule has 1 atom stereocenters. The SMILES string of the molecule is COc1ccc2c(c1)C(OC)(C(F)(F)F)CN=C2C=Cc1ccc(C(F)(F)F)cc1. The average molecular weight is 429 g/mol. The summed E-state index contributed by atoms with van der Waals surface area (Å²) < 4.78 is 89.6. The van der Waals surface area contributed by atoms with Crippen LogP contribution in [0.5, 0.6) is 5.75 Å². The van der Waals surface area contributed by atoms with Gasteiger partial charge >= 0.3 is 12.4 Å². The van der Waals surface area contributed by atoms with Crippen molar-refractivity contribution in [3.63, 3.8) is 0 Å². The van der Waals surface area contributed by atoms with Crippen molar-refractivity contribution in [2.45, 2.75) is 18.0 Å². The van der Waals surface area contributed by atoms with E-state index in [1.807, 2.05) is 0 Å². The standard InChI is InChI=1S/C21H17F6NO2/c1-29-15-8-9-16-17(11-15)19(30-2,21(25,26)27)12-28-18(16)10-5-13-3-6-14(7-4-13)20(22,23)24/h3-11H,12H2,1-2H3. The molecule has 0 fully saturated rings. The van der Waals surface area contributed by atoms with Crippen LogP contribution in [0.25, 0.3) is 6.08 Å². The molecule has 1 unspecified atom stereocenters. The molecule has 0 bridgehead atoms. The number of nitrogens with zero attached hydrogens (tertiary/aromatic N) is 1. The van der Waals surface area contributed by atoms with Gasteiger partial charge in [-0.25, -0.2) is 0 Å². The summed E-state index contributed by atoms with van der Waals surface area (Å²) in [7, 11) is 2.31. The Labute approximate surface area is 168 Å². The van der Waals surface area contributed by atoms with Gasteiger partial charge in [0.25, 0.3) is 0 Å². The second-order valence-corrected chi connectivity index (χ2v) is 6.59. The van der Waals surface area contributed by atoms with Crippen LogP contribution in [0.15, 0.2) is 53.5 Å². The van der Waals surface area contributed by atoms with Crippen molar-refractivity contribution < 1.29 is 35.8 Å². The highest BCUT2D eigenvalue weighted by Gasteiger charge is 2.59. The van der Waals surface area contributed by atoms with Crippen LogP contribution in [0.1, 0.15) is 22.3 Å². The molecule has 9 heteroatoms. The maximum atomic E-state index is 13.9. The molecule has 0 saturated carbocycles. The minimum absolute atomic E-state index is 0.140. The lowest BCUT2D eigenvalue weighted by Gasteiger charge is -2.37. The summed E-state index contributed by atoms with van der Waals surface area (Å²) in [5.41, 5.74) is -2.65. The second kappa shape index (κ2) is 7.79. The van der Waals surface area contributed by atoms with E-state index < -0.39 is 30.1 Å². The number of ether oxygens (including phenoxy) is 2. The van der Waals surface area contributed by atoms with Crippen LogP contribution in [0.4, 0.5) is 26.3 Å². The number of allylic oxidation sites excluding steroid dienone is 1. The maximum Gasteiger partial charge on any atom is 0.423 e. The number of methoxy groups -OCH3 is 2. The van der Waals surface area contributed by atoms with Crippen LogP contribution in [0, 0.1) is 0 Å². The zero-order chi connectivity index (χ0) is 22.2. The fourth-order valence-corrected chi connectivity index (χ4v) is 3.21. The molecule has 0 aliphatic carbocycles. The highest BCUT2D eigenvalue weighted by atomic mass is 19.4. The van der Waals surface area contributed by atoms with Gasteiger partial charge in [-0.1, -0.05) is 18.2 Å². The number of rotatable bonds is 4. The van der Waals surface area contributed by atoms with Gasteiger partial charge < -0.3 is 9.47 Å². The second-order valence-electron chi connectivity index (χ2n) is 6.59. The molecule has 160 valence electrons. The Morgan fingerprint density at radius 2 is 1.60 bits per heavy atom. The van der Waals surface area contributed by atoms with Gasteiger partial charge in [-0.05, 0) is 42.0 Å². The van der Waals surface area contributed by atoms with Gasteiger partial charge in [0.15, 0.2) is 0 Å². The van der Waals surface area contributed by atoms with Crippen molar-refractivity contribution in [1.82, 2.24) is 0 Å². The molecule has 2 aromatic rings. The quantitative estimate of drug-likeness (QED) is 0.590. The van der Waals surface area contributed by atoms with Crippen LogP contribution in [0.3, 0.4) is 0 Å². The molecule has 1 aliphatic rings. The number of benzene rings is 2. The van der Waals surface area contributed by atoms with E-state index in [2.05, 4.69) is 4.99 Å². The third kappa shape index (κ3) is 3.94. The average Bonchev–Trinajstić information content (AvgIpc) is 2.70. The lowest BCUT2D eigenvalue weighted by Crippen LogP contribution is -2.49. The predicted octanol–water partition coefficient (Wildman–Crippen LogP) is 5.63. The number of hydrogen-bond acceptors (Lipinski definition) is 3. The zero-order valence-electron chi connectivity index (χ0n) is 15.9. The molecule has 1 heterocycles. The number of fused-ring (bicyclic) bond motifs is 1. The normalized spacial score (nSPS) is 19.5. The molecular weight excluding hydrogens is 412 g/mol. The summed E-state index contributed by atoms with van der Waals surface area (Å²) in [6.45, 7) is -0.695. The molecule has 3 nitrogen and oxygen atoms in total. The molecule has 0 N–H and O–H groups in total. The third-order valence-electron chi connectivity index (χ3n) is 4.89. The smallest absolute Gasteiger partial charge is 0.423 e. The Hall–Kier alpha value is -2.81. The van der Waals surface area contributed by atoms with Crippen LogP contribution < -0.4 is 4.74 Å². The zero-order valence-corrected chi connectivity index (χ0v) is 15.9. The van der Waals surface area contributed by atoms with Gasteiger partial charge in [0, 0.05) is 18.2 Å². The summed E-state index contributed by atoms with van der Waals surface area (Å²) in [4.78, 5) is 4.05. The van der Waals surface area contributed by atoms with Gasteiger partial charge in [-0.15, -0.1) is 0 Å². The summed E-state index contributed by atoms with van der Waals surface area (Å²) in [5, 5.41) is 0. The Morgan fingerprint density at radius 3 is 2.13 bits per heavy atom. The topological polar surface area (TPSA) is 30.8 Å². The minimum Gasteiger partial charge on any atom is -0.497 e. The van der Waals surface area contributed by atoms with E-state index in [9.17, 15) is 26.3 Å². The van der Waals surface area contributed by atoms with E-state index in [1.54, 1.807) is 0 Å². The Kier molecular flexibility index (Phi) is 5.68. The fourth-order valence-electron chi connectivity index (χ4n) is 3.21. The third-order valence-corrected chi connectivity index (χ3v) is 4.89. The van der Waals surface area contributed by atoms with E-state index in [4.69, 9.17) is 9.47 Å². The Balaban J connectivity index is 2.00. The molecule has 0 amide bonds. The first kappa shape index (κ1) is 21.9. The molecule has 0 saturated heterocycles. The predicted molar refractivity (Wildman–Crippen MR) is 99.6 cm³/mol. The molecule has 30 heavy (non-hydrogen) atoms. The fraction of sp³-hybridized carbons (Fsp3) is 0.286. The lowest BCUT2D eigenvalue weighted by molar-refractivity contribution is -0.272. The van der Waals surface area contributed by atoms with Gasteiger partial charge in [-0.2, -0.15) is 26.3 Å². The van der Waals surface area contributed by atoms with E-state index in [-0.39, 0.29) is 22.6 Å². The summed E-state index contributed by atoms with van der Waals surface area (Å²) in [6, 6.07) is 8.61. The van der Waals surface area contributed by atoms with Gasteiger partial charge in [0.1, 0.15) is 5.75 Å². The van der Waals surface area contributed by atoms with Gasteiger partial charge in [0.2, 0.25) is 5.60 Å². The van der Waals surface area contributed by atoms with Crippen molar-refractivity contribution in [3.8, 4) is 5.75 Å². The van der Waals surface area contributed by atoms with Crippen molar-refractivity contribution in [2.75, 3.05) is 20.8 Å². The number of halogens is 6. The summed E-state index contributed by atoms with van der Waals surface area (Å²) >= 11 is 0. The van der Waals surface area contributed by atoms with Gasteiger partial charge in [0.05, 0.1) is 24.9 Å². The molecular formula is C21H17F6NO2. The Morgan fingerprint density at radius 1 is 0.933 bits per heavy atom. The van der Waals surface area contributed by atoms with E-state index in [0.29, 0.717) is 5.56 Å². The van der Waals surface area contributed by atoms with Crippen molar-refractivity contribution in [3.05, 3.63) is 70.8 Å². The molecule has 0 aromatic heterocycles. The first-order chi connectivity index (χ1) is 14.0. The first-order valence-electron chi connectivity index (χ1n) is 8.72. The largest absolute Gasteiger partial charge is 0.497 e. The molecule has 1 aliphatic heterocycles. The Bertz CT molecular complexity index is 976. The van der Waals surface area contributed by atoms with Gasteiger partial charge in [-0.3, -0.25) is 4.99 Å². The molecule has 3 rings (SSSR count). The molecule has 0 spiro atoms.